The Kier molecular flexibility index (Phi) is 7.39. The van der Waals surface area contributed by atoms with Crippen molar-refractivity contribution in [1.29, 1.82) is 0 Å². The summed E-state index contributed by atoms with van der Waals surface area (Å²) in [5.41, 5.74) is 8.06. The highest BCUT2D eigenvalue weighted by molar-refractivity contribution is 5.88. The van der Waals surface area contributed by atoms with Crippen molar-refractivity contribution in [3.05, 3.63) is 94.3 Å². The Morgan fingerprint density at radius 2 is 1.88 bits per heavy atom. The van der Waals surface area contributed by atoms with Crippen molar-refractivity contribution < 1.29 is 14.6 Å². The molecule has 1 fully saturated rings. The van der Waals surface area contributed by atoms with E-state index in [9.17, 15) is 9.90 Å². The maximum atomic E-state index is 11.7. The SMILES string of the molecule is CCc1cc(OC2CCc3cccc(-c4cccc(-n5ncc(C(=O)O)c5CC)n4)c32)ccc1C1CCNCC1. The summed E-state index contributed by atoms with van der Waals surface area (Å²) in [6.07, 6.45) is 7.15. The van der Waals surface area contributed by atoms with Crippen LogP contribution in [0.4, 0.5) is 0 Å². The third kappa shape index (κ3) is 4.90. The molecule has 40 heavy (non-hydrogen) atoms. The van der Waals surface area contributed by atoms with Gasteiger partial charge in [0.15, 0.2) is 5.82 Å². The lowest BCUT2D eigenvalue weighted by Gasteiger charge is -2.26. The van der Waals surface area contributed by atoms with Crippen molar-refractivity contribution in [2.45, 2.75) is 64.4 Å². The second kappa shape index (κ2) is 11.3. The van der Waals surface area contributed by atoms with Gasteiger partial charge in [-0.15, -0.1) is 0 Å². The van der Waals surface area contributed by atoms with Crippen molar-refractivity contribution in [1.82, 2.24) is 20.1 Å². The standard InChI is InChI=1S/C33H36N4O3/c1-3-21-19-24(12-13-25(21)22-15-17-34-18-16-22)40-30-14-11-23-7-5-8-26(32(23)30)28-9-6-10-31(36-28)37-29(4-2)27(20-35-37)33(38)39/h5-10,12-13,19-20,22,30,34H,3-4,11,14-18H2,1-2H3,(H,38,39). The molecule has 7 nitrogen and oxygen atoms in total. The van der Waals surface area contributed by atoms with Gasteiger partial charge in [-0.25, -0.2) is 14.5 Å². The monoisotopic (exact) mass is 536 g/mol. The van der Waals surface area contributed by atoms with Crippen LogP contribution in [0.2, 0.25) is 0 Å². The maximum Gasteiger partial charge on any atom is 0.339 e. The first kappa shape index (κ1) is 26.3. The van der Waals surface area contributed by atoms with Crippen LogP contribution in [0.1, 0.15) is 83.4 Å². The molecule has 7 heteroatoms. The molecule has 2 aromatic heterocycles. The van der Waals surface area contributed by atoms with E-state index in [0.29, 0.717) is 23.9 Å². The number of nitrogens with zero attached hydrogens (tertiary/aromatic N) is 3. The molecule has 4 aromatic rings. The fourth-order valence-corrected chi connectivity index (χ4v) is 6.42. The van der Waals surface area contributed by atoms with E-state index < -0.39 is 5.97 Å². The molecule has 2 N–H and O–H groups in total. The van der Waals surface area contributed by atoms with Crippen molar-refractivity contribution in [3.63, 3.8) is 0 Å². The molecule has 2 aliphatic rings. The van der Waals surface area contributed by atoms with E-state index in [2.05, 4.69) is 53.7 Å². The molecule has 1 unspecified atom stereocenters. The largest absolute Gasteiger partial charge is 0.486 e. The Bertz CT molecular complexity index is 1540. The number of carbonyl (C=O) groups is 1. The lowest BCUT2D eigenvalue weighted by molar-refractivity contribution is 0.0695. The lowest BCUT2D eigenvalue weighted by Crippen LogP contribution is -2.27. The molecule has 1 aliphatic carbocycles. The van der Waals surface area contributed by atoms with E-state index in [4.69, 9.17) is 9.72 Å². The summed E-state index contributed by atoms with van der Waals surface area (Å²) in [7, 11) is 0. The van der Waals surface area contributed by atoms with Gasteiger partial charge in [-0.2, -0.15) is 5.10 Å². The highest BCUT2D eigenvalue weighted by atomic mass is 16.5. The van der Waals surface area contributed by atoms with Gasteiger partial charge in [0.2, 0.25) is 0 Å². The van der Waals surface area contributed by atoms with Gasteiger partial charge >= 0.3 is 5.97 Å². The van der Waals surface area contributed by atoms with Crippen LogP contribution in [0.15, 0.2) is 60.8 Å². The van der Waals surface area contributed by atoms with Gasteiger partial charge in [-0.3, -0.25) is 0 Å². The second-order valence-electron chi connectivity index (χ2n) is 10.7. The van der Waals surface area contributed by atoms with Crippen molar-refractivity contribution in [2.75, 3.05) is 13.1 Å². The first-order chi connectivity index (χ1) is 19.6. The van der Waals surface area contributed by atoms with Crippen molar-refractivity contribution in [3.8, 4) is 22.8 Å². The molecule has 0 bridgehead atoms. The molecule has 0 spiro atoms. The summed E-state index contributed by atoms with van der Waals surface area (Å²) in [6, 6.07) is 18.9. The highest BCUT2D eigenvalue weighted by Gasteiger charge is 2.29. The third-order valence-electron chi connectivity index (χ3n) is 8.41. The molecule has 1 atom stereocenters. The molecule has 6 rings (SSSR count). The summed E-state index contributed by atoms with van der Waals surface area (Å²) in [5.74, 6) is 1.18. The molecule has 3 heterocycles. The quantitative estimate of drug-likeness (QED) is 0.275. The van der Waals surface area contributed by atoms with Gasteiger partial charge in [-0.1, -0.05) is 44.2 Å². The first-order valence-corrected chi connectivity index (χ1v) is 14.5. The summed E-state index contributed by atoms with van der Waals surface area (Å²) < 4.78 is 8.35. The van der Waals surface area contributed by atoms with Crippen LogP contribution in [-0.2, 0) is 19.3 Å². The number of rotatable bonds is 8. The van der Waals surface area contributed by atoms with E-state index in [1.54, 1.807) is 4.68 Å². The number of ether oxygens (including phenoxy) is 1. The third-order valence-corrected chi connectivity index (χ3v) is 8.41. The fraction of sp³-hybridized carbons (Fsp3) is 0.364. The van der Waals surface area contributed by atoms with Gasteiger partial charge in [0.05, 0.1) is 17.6 Å². The van der Waals surface area contributed by atoms with Crippen molar-refractivity contribution >= 4 is 5.97 Å². The predicted molar refractivity (Wildman–Crippen MR) is 155 cm³/mol. The number of carboxylic acid groups (broad SMARTS) is 1. The molecule has 0 radical (unpaired) electrons. The summed E-state index contributed by atoms with van der Waals surface area (Å²) >= 11 is 0. The van der Waals surface area contributed by atoms with Crippen LogP contribution in [-0.4, -0.2) is 38.9 Å². The number of aromatic nitrogens is 3. The van der Waals surface area contributed by atoms with Gasteiger partial charge in [0.1, 0.15) is 17.4 Å². The summed E-state index contributed by atoms with van der Waals surface area (Å²) in [5, 5.41) is 17.4. The average Bonchev–Trinajstić information content (AvgIpc) is 3.62. The van der Waals surface area contributed by atoms with Crippen LogP contribution < -0.4 is 10.1 Å². The van der Waals surface area contributed by atoms with Crippen LogP contribution in [0.3, 0.4) is 0 Å². The average molecular weight is 537 g/mol. The minimum Gasteiger partial charge on any atom is -0.486 e. The lowest BCUT2D eigenvalue weighted by atomic mass is 9.86. The second-order valence-corrected chi connectivity index (χ2v) is 10.7. The number of hydrogen-bond donors (Lipinski definition) is 2. The van der Waals surface area contributed by atoms with E-state index in [1.165, 1.54) is 41.3 Å². The zero-order valence-electron chi connectivity index (χ0n) is 23.2. The number of pyridine rings is 1. The number of piperidine rings is 1. The number of nitrogens with one attached hydrogen (secondary N) is 1. The number of hydrogen-bond acceptors (Lipinski definition) is 5. The predicted octanol–water partition coefficient (Wildman–Crippen LogP) is 6.29. The van der Waals surface area contributed by atoms with E-state index in [-0.39, 0.29) is 11.7 Å². The number of benzene rings is 2. The molecule has 0 amide bonds. The Morgan fingerprint density at radius 3 is 2.65 bits per heavy atom. The summed E-state index contributed by atoms with van der Waals surface area (Å²) in [4.78, 5) is 16.6. The molecule has 2 aromatic carbocycles. The Hall–Kier alpha value is -3.97. The molecule has 206 valence electrons. The zero-order chi connectivity index (χ0) is 27.6. The van der Waals surface area contributed by atoms with Crippen LogP contribution in [0, 0.1) is 0 Å². The van der Waals surface area contributed by atoms with Gasteiger partial charge in [0, 0.05) is 11.1 Å². The Morgan fingerprint density at radius 1 is 1.05 bits per heavy atom. The molecule has 1 aliphatic heterocycles. The van der Waals surface area contributed by atoms with Gasteiger partial charge < -0.3 is 15.2 Å². The zero-order valence-corrected chi connectivity index (χ0v) is 23.2. The van der Waals surface area contributed by atoms with E-state index in [1.807, 2.05) is 25.1 Å². The molecular formula is C33H36N4O3. The molecular weight excluding hydrogens is 500 g/mol. The van der Waals surface area contributed by atoms with Crippen LogP contribution >= 0.6 is 0 Å². The normalized spacial score (nSPS) is 17.1. The maximum absolute atomic E-state index is 11.7. The van der Waals surface area contributed by atoms with Crippen LogP contribution in [0.5, 0.6) is 5.75 Å². The Balaban J connectivity index is 1.31. The number of aromatic carboxylic acids is 1. The number of fused-ring (bicyclic) bond motifs is 1. The smallest absolute Gasteiger partial charge is 0.339 e. The van der Waals surface area contributed by atoms with Gasteiger partial charge in [-0.05, 0) is 98.5 Å². The number of carboxylic acids is 1. The van der Waals surface area contributed by atoms with Gasteiger partial charge in [0.25, 0.3) is 0 Å². The highest BCUT2D eigenvalue weighted by Crippen LogP contribution is 2.41. The fourth-order valence-electron chi connectivity index (χ4n) is 6.42. The molecule has 1 saturated heterocycles. The topological polar surface area (TPSA) is 89.3 Å². The minimum absolute atomic E-state index is 0.0550. The summed E-state index contributed by atoms with van der Waals surface area (Å²) in [6.45, 7) is 6.33. The molecule has 0 saturated carbocycles. The number of aryl methyl sites for hydroxylation is 2. The van der Waals surface area contributed by atoms with E-state index >= 15 is 0 Å². The van der Waals surface area contributed by atoms with Crippen molar-refractivity contribution in [2.24, 2.45) is 0 Å². The Labute approximate surface area is 235 Å². The first-order valence-electron chi connectivity index (χ1n) is 14.5. The van der Waals surface area contributed by atoms with Crippen LogP contribution in [0.25, 0.3) is 17.1 Å². The van der Waals surface area contributed by atoms with E-state index in [0.717, 1.165) is 49.4 Å². The minimum atomic E-state index is -0.977.